The maximum atomic E-state index is 11.5. The Hall–Kier alpha value is -1.86. The molecule has 0 radical (unpaired) electrons. The quantitative estimate of drug-likeness (QED) is 0.457. The zero-order chi connectivity index (χ0) is 16.4. The summed E-state index contributed by atoms with van der Waals surface area (Å²) in [5.74, 6) is -0.327. The predicted molar refractivity (Wildman–Crippen MR) is 85.1 cm³/mol. The highest BCUT2D eigenvalue weighted by Crippen LogP contribution is 2.07. The fourth-order valence-electron chi connectivity index (χ4n) is 1.82. The Bertz CT molecular complexity index is 477. The summed E-state index contributed by atoms with van der Waals surface area (Å²) in [5, 5.41) is 14.5. The predicted octanol–water partition coefficient (Wildman–Crippen LogP) is 0.498. The van der Waals surface area contributed by atoms with Gasteiger partial charge in [-0.15, -0.1) is 0 Å². The fourth-order valence-corrected chi connectivity index (χ4v) is 1.82. The van der Waals surface area contributed by atoms with E-state index in [0.29, 0.717) is 19.5 Å². The lowest BCUT2D eigenvalue weighted by molar-refractivity contribution is -0.144. The summed E-state index contributed by atoms with van der Waals surface area (Å²) >= 11 is 0. The van der Waals surface area contributed by atoms with Gasteiger partial charge in [0.05, 0.1) is 12.8 Å². The molecular formula is C15H23BN2O4. The van der Waals surface area contributed by atoms with Crippen molar-refractivity contribution in [2.45, 2.75) is 33.2 Å². The van der Waals surface area contributed by atoms with E-state index in [1.54, 1.807) is 6.82 Å². The Kier molecular flexibility index (Phi) is 8.24. The largest absolute Gasteiger partial charge is 0.461 e. The first-order valence-electron chi connectivity index (χ1n) is 7.43. The van der Waals surface area contributed by atoms with Crippen LogP contribution in [0.3, 0.4) is 0 Å². The number of rotatable bonds is 9. The van der Waals surface area contributed by atoms with Crippen LogP contribution in [0.4, 0.5) is 0 Å². The standard InChI is InChI=1S/C15H23BN2O4/c1-3-17-14(19)10-12-4-6-13(7-5-12)11-22-15(20)8-9-18-16(2)21/h4-7,18,21H,3,8-11H2,1-2H3,(H,17,19). The molecule has 1 aromatic rings. The molecule has 0 saturated carbocycles. The molecule has 1 aromatic carbocycles. The Morgan fingerprint density at radius 3 is 2.45 bits per heavy atom. The molecule has 0 aliphatic rings. The minimum absolute atomic E-state index is 0.00714. The third-order valence-electron chi connectivity index (χ3n) is 2.93. The van der Waals surface area contributed by atoms with Gasteiger partial charge in [0.25, 0.3) is 0 Å². The lowest BCUT2D eigenvalue weighted by atomic mass is 9.89. The van der Waals surface area contributed by atoms with E-state index in [2.05, 4.69) is 10.5 Å². The van der Waals surface area contributed by atoms with Gasteiger partial charge in [-0.3, -0.25) is 9.59 Å². The summed E-state index contributed by atoms with van der Waals surface area (Å²) in [6, 6.07) is 7.40. The Balaban J connectivity index is 2.32. The Morgan fingerprint density at radius 1 is 1.23 bits per heavy atom. The summed E-state index contributed by atoms with van der Waals surface area (Å²) < 4.78 is 5.13. The molecule has 1 rings (SSSR count). The van der Waals surface area contributed by atoms with Crippen LogP contribution in [-0.2, 0) is 27.4 Å². The Labute approximate surface area is 131 Å². The van der Waals surface area contributed by atoms with Gasteiger partial charge in [0.15, 0.2) is 0 Å². The number of likely N-dealkylation sites (N-methyl/N-ethyl adjacent to an activating group) is 1. The van der Waals surface area contributed by atoms with Crippen LogP contribution in [0.2, 0.25) is 6.82 Å². The molecule has 0 aliphatic heterocycles. The number of hydrogen-bond acceptors (Lipinski definition) is 5. The molecule has 0 fully saturated rings. The molecular weight excluding hydrogens is 283 g/mol. The monoisotopic (exact) mass is 306 g/mol. The first-order valence-corrected chi connectivity index (χ1v) is 7.43. The zero-order valence-electron chi connectivity index (χ0n) is 13.1. The van der Waals surface area contributed by atoms with Gasteiger partial charge in [-0.25, -0.2) is 0 Å². The van der Waals surface area contributed by atoms with E-state index in [-0.39, 0.29) is 24.9 Å². The van der Waals surface area contributed by atoms with Gasteiger partial charge in [-0.05, 0) is 31.4 Å². The van der Waals surface area contributed by atoms with E-state index >= 15 is 0 Å². The number of ether oxygens (including phenoxy) is 1. The van der Waals surface area contributed by atoms with Gasteiger partial charge in [0.1, 0.15) is 6.61 Å². The Morgan fingerprint density at radius 2 is 1.86 bits per heavy atom. The highest BCUT2D eigenvalue weighted by Gasteiger charge is 2.07. The number of nitrogens with one attached hydrogen (secondary N) is 2. The lowest BCUT2D eigenvalue weighted by Gasteiger charge is -2.07. The minimum Gasteiger partial charge on any atom is -0.461 e. The van der Waals surface area contributed by atoms with Crippen molar-refractivity contribution in [3.8, 4) is 0 Å². The molecule has 0 aliphatic carbocycles. The fraction of sp³-hybridized carbons (Fsp3) is 0.467. The maximum Gasteiger partial charge on any atom is 0.373 e. The maximum absolute atomic E-state index is 11.5. The first kappa shape index (κ1) is 18.2. The SMILES string of the molecule is CCNC(=O)Cc1ccc(COC(=O)CCNB(C)O)cc1. The minimum atomic E-state index is -0.634. The highest BCUT2D eigenvalue weighted by atomic mass is 16.5. The molecule has 0 unspecified atom stereocenters. The van der Waals surface area contributed by atoms with Gasteiger partial charge >= 0.3 is 13.0 Å². The second kappa shape index (κ2) is 9.97. The number of carbonyl (C=O) groups is 2. The summed E-state index contributed by atoms with van der Waals surface area (Å²) in [6.45, 7) is 4.67. The van der Waals surface area contributed by atoms with Crippen LogP contribution in [0.5, 0.6) is 0 Å². The van der Waals surface area contributed by atoms with E-state index in [0.717, 1.165) is 11.1 Å². The summed E-state index contributed by atoms with van der Waals surface area (Å²) in [5.41, 5.74) is 1.79. The molecule has 0 bridgehead atoms. The number of esters is 1. The van der Waals surface area contributed by atoms with E-state index < -0.39 is 7.05 Å². The third kappa shape index (κ3) is 7.80. The van der Waals surface area contributed by atoms with E-state index in [9.17, 15) is 9.59 Å². The van der Waals surface area contributed by atoms with Crippen LogP contribution in [0, 0.1) is 0 Å². The smallest absolute Gasteiger partial charge is 0.373 e. The van der Waals surface area contributed by atoms with Crippen LogP contribution in [0.15, 0.2) is 24.3 Å². The van der Waals surface area contributed by atoms with Crippen LogP contribution in [0.25, 0.3) is 0 Å². The molecule has 1 amide bonds. The van der Waals surface area contributed by atoms with Crippen molar-refractivity contribution in [2.24, 2.45) is 0 Å². The van der Waals surface area contributed by atoms with E-state index in [4.69, 9.17) is 9.76 Å². The molecule has 0 atom stereocenters. The summed E-state index contributed by atoms with van der Waals surface area (Å²) in [7, 11) is -0.634. The van der Waals surface area contributed by atoms with Gasteiger partial charge < -0.3 is 20.3 Å². The van der Waals surface area contributed by atoms with Crippen LogP contribution in [0.1, 0.15) is 24.5 Å². The van der Waals surface area contributed by atoms with E-state index in [1.165, 1.54) is 0 Å². The van der Waals surface area contributed by atoms with Gasteiger partial charge in [-0.2, -0.15) is 0 Å². The van der Waals surface area contributed by atoms with Crippen molar-refractivity contribution in [2.75, 3.05) is 13.1 Å². The molecule has 6 nitrogen and oxygen atoms in total. The van der Waals surface area contributed by atoms with Gasteiger partial charge in [-0.1, -0.05) is 24.3 Å². The average Bonchev–Trinajstić information content (AvgIpc) is 2.46. The number of benzene rings is 1. The second-order valence-corrected chi connectivity index (χ2v) is 4.99. The molecule has 7 heteroatoms. The van der Waals surface area contributed by atoms with E-state index in [1.807, 2.05) is 31.2 Å². The topological polar surface area (TPSA) is 87.7 Å². The molecule has 0 saturated heterocycles. The van der Waals surface area contributed by atoms with Gasteiger partial charge in [0, 0.05) is 6.54 Å². The highest BCUT2D eigenvalue weighted by molar-refractivity contribution is 6.45. The molecule has 0 aromatic heterocycles. The van der Waals surface area contributed by atoms with Crippen molar-refractivity contribution >= 4 is 18.9 Å². The normalized spacial score (nSPS) is 10.1. The van der Waals surface area contributed by atoms with Gasteiger partial charge in [0.2, 0.25) is 5.91 Å². The van der Waals surface area contributed by atoms with Crippen molar-refractivity contribution in [1.29, 1.82) is 0 Å². The van der Waals surface area contributed by atoms with Crippen molar-refractivity contribution < 1.29 is 19.3 Å². The number of carbonyl (C=O) groups excluding carboxylic acids is 2. The van der Waals surface area contributed by atoms with Crippen LogP contribution >= 0.6 is 0 Å². The van der Waals surface area contributed by atoms with Crippen molar-refractivity contribution in [3.63, 3.8) is 0 Å². The molecule has 120 valence electrons. The lowest BCUT2D eigenvalue weighted by Crippen LogP contribution is -2.32. The second-order valence-electron chi connectivity index (χ2n) is 4.99. The summed E-state index contributed by atoms with van der Waals surface area (Å²) in [4.78, 5) is 22.9. The van der Waals surface area contributed by atoms with Crippen molar-refractivity contribution in [3.05, 3.63) is 35.4 Å². The van der Waals surface area contributed by atoms with Crippen LogP contribution in [-0.4, -0.2) is 37.0 Å². The average molecular weight is 306 g/mol. The third-order valence-corrected chi connectivity index (χ3v) is 2.93. The van der Waals surface area contributed by atoms with Crippen LogP contribution < -0.4 is 10.5 Å². The summed E-state index contributed by atoms with van der Waals surface area (Å²) in [6.07, 6.45) is 0.555. The van der Waals surface area contributed by atoms with Crippen molar-refractivity contribution in [1.82, 2.24) is 10.5 Å². The molecule has 22 heavy (non-hydrogen) atoms. The molecule has 0 heterocycles. The zero-order valence-corrected chi connectivity index (χ0v) is 13.1. The molecule has 3 N–H and O–H groups in total. The number of amides is 1. The number of hydrogen-bond donors (Lipinski definition) is 3. The molecule has 0 spiro atoms. The first-order chi connectivity index (χ1) is 10.5.